The Morgan fingerprint density at radius 2 is 1.89 bits per heavy atom. The van der Waals surface area contributed by atoms with Crippen LogP contribution < -0.4 is 15.0 Å². The predicted octanol–water partition coefficient (Wildman–Crippen LogP) is 3.58. The molecule has 242 valence electrons. The number of likely N-dealkylation sites (tertiary alicyclic amines) is 1. The molecule has 0 aliphatic carbocycles. The molecule has 3 aromatic rings. The van der Waals surface area contributed by atoms with Crippen molar-refractivity contribution in [3.05, 3.63) is 59.8 Å². The molecule has 0 spiro atoms. The zero-order valence-electron chi connectivity index (χ0n) is 25.8. The maximum absolute atomic E-state index is 15.0. The number of piperidine rings is 1. The smallest absolute Gasteiger partial charge is 0.301 e. The minimum Gasteiger partial charge on any atom is -0.483 e. The number of rotatable bonds is 8. The molecule has 3 saturated heterocycles. The maximum atomic E-state index is 15.0. The van der Waals surface area contributed by atoms with Crippen LogP contribution in [0.1, 0.15) is 24.5 Å². The van der Waals surface area contributed by atoms with E-state index in [0.29, 0.717) is 28.8 Å². The average Bonchev–Trinajstić information content (AvgIpc) is 3.01. The second-order valence-corrected chi connectivity index (χ2v) is 12.0. The van der Waals surface area contributed by atoms with Crippen LogP contribution in [0.3, 0.4) is 0 Å². The van der Waals surface area contributed by atoms with Gasteiger partial charge in [-0.15, -0.1) is 0 Å². The molecule has 1 amide bonds. The van der Waals surface area contributed by atoms with E-state index < -0.39 is 30.6 Å². The molecule has 0 saturated carbocycles. The highest BCUT2D eigenvalue weighted by atomic mass is 19.3. The van der Waals surface area contributed by atoms with Crippen molar-refractivity contribution < 1.29 is 28.2 Å². The summed E-state index contributed by atoms with van der Waals surface area (Å²) >= 11 is 0. The fraction of sp³-hybridized carbons (Fsp3) is 0.455. The number of ether oxygens (including phenoxy) is 2. The summed E-state index contributed by atoms with van der Waals surface area (Å²) in [6.45, 7) is 7.83. The maximum Gasteiger partial charge on any atom is 0.301 e. The van der Waals surface area contributed by atoms with E-state index in [2.05, 4.69) is 43.3 Å². The fourth-order valence-electron chi connectivity index (χ4n) is 6.05. The molecule has 3 aliphatic heterocycles. The molecule has 46 heavy (non-hydrogen) atoms. The first-order chi connectivity index (χ1) is 22.1. The number of nitrogens with one attached hydrogen (secondary N) is 1. The highest BCUT2D eigenvalue weighted by Gasteiger charge is 2.48. The van der Waals surface area contributed by atoms with E-state index in [-0.39, 0.29) is 24.3 Å². The summed E-state index contributed by atoms with van der Waals surface area (Å²) in [7, 11) is 0. The van der Waals surface area contributed by atoms with Gasteiger partial charge in [-0.25, -0.2) is 18.7 Å². The van der Waals surface area contributed by atoms with Crippen molar-refractivity contribution in [1.29, 1.82) is 5.26 Å². The number of carbonyl (C=O) groups excluding carboxylic acids is 1. The Labute approximate surface area is 266 Å². The largest absolute Gasteiger partial charge is 0.483 e. The Balaban J connectivity index is 1.12. The summed E-state index contributed by atoms with van der Waals surface area (Å²) in [6, 6.07) is 15.6. The van der Waals surface area contributed by atoms with Crippen LogP contribution in [0, 0.1) is 18.3 Å². The first-order valence-electron chi connectivity index (χ1n) is 15.4. The fourth-order valence-corrected chi connectivity index (χ4v) is 6.05. The van der Waals surface area contributed by atoms with Gasteiger partial charge in [-0.05, 0) is 61.9 Å². The van der Waals surface area contributed by atoms with Gasteiger partial charge >= 0.3 is 5.92 Å². The molecular formula is C33H37F2N7O4. The van der Waals surface area contributed by atoms with Gasteiger partial charge in [0.15, 0.2) is 6.10 Å². The zero-order chi connectivity index (χ0) is 32.4. The molecule has 2 N–H and O–H groups in total. The molecule has 2 aromatic carbocycles. The SMILES string of the molecule is Cc1cc(OC2CCN(C(=O)[C@H](C)O)CC2(F)F)c(C#N)cc1-c1ccnc(Nc2ccc(N3CCN(C4COC4)CC3)cc2)n1. The number of piperazine rings is 1. The van der Waals surface area contributed by atoms with E-state index in [4.69, 9.17) is 9.47 Å². The standard InChI is InChI=1S/C33H37F2N7O4/c1-21-15-29(46-30-8-10-42(20-33(30,34)35)31(44)22(2)43)23(17-36)16-27(21)28-7-9-37-32(39-28)38-24-3-5-25(6-4-24)40-11-13-41(14-12-40)26-18-45-19-26/h3-7,9,15-16,22,26,30,43H,8,10-14,18-20H2,1-2H3,(H,37,38,39)/t22-,30?/m0/s1. The molecule has 6 rings (SSSR count). The number of hydrogen-bond donors (Lipinski definition) is 2. The number of amides is 1. The first kappa shape index (κ1) is 31.6. The van der Waals surface area contributed by atoms with Crippen LogP contribution in [0.4, 0.5) is 26.1 Å². The minimum atomic E-state index is -3.37. The number of hydrogen-bond acceptors (Lipinski definition) is 10. The van der Waals surface area contributed by atoms with Gasteiger partial charge in [0.25, 0.3) is 5.91 Å². The number of aliphatic hydroxyl groups is 1. The van der Waals surface area contributed by atoms with Gasteiger partial charge in [0.2, 0.25) is 5.95 Å². The van der Waals surface area contributed by atoms with Crippen LogP contribution in [0.2, 0.25) is 0 Å². The van der Waals surface area contributed by atoms with Gasteiger partial charge in [-0.1, -0.05) is 0 Å². The molecule has 0 radical (unpaired) electrons. The lowest BCUT2D eigenvalue weighted by molar-refractivity contribution is -0.165. The number of carbonyl (C=O) groups is 1. The molecule has 0 bridgehead atoms. The Morgan fingerprint density at radius 1 is 1.15 bits per heavy atom. The highest BCUT2D eigenvalue weighted by molar-refractivity contribution is 5.80. The molecule has 2 atom stereocenters. The summed E-state index contributed by atoms with van der Waals surface area (Å²) in [5.74, 6) is -3.71. The number of alkyl halides is 2. The number of aliphatic hydroxyl groups excluding tert-OH is 1. The number of aromatic nitrogens is 2. The third-order valence-corrected chi connectivity index (χ3v) is 8.79. The lowest BCUT2D eigenvalue weighted by Crippen LogP contribution is -2.56. The normalized spacial score (nSPS) is 20.8. The number of benzene rings is 2. The second-order valence-electron chi connectivity index (χ2n) is 12.0. The topological polar surface area (TPSA) is 127 Å². The number of nitriles is 1. The third kappa shape index (κ3) is 6.74. The lowest BCUT2D eigenvalue weighted by Gasteiger charge is -2.43. The van der Waals surface area contributed by atoms with Crippen molar-refractivity contribution in [3.8, 4) is 23.1 Å². The van der Waals surface area contributed by atoms with Gasteiger partial charge in [0.1, 0.15) is 17.9 Å². The van der Waals surface area contributed by atoms with E-state index in [1.807, 2.05) is 12.1 Å². The first-order valence-corrected chi connectivity index (χ1v) is 15.4. The number of aryl methyl sites for hydroxylation is 1. The van der Waals surface area contributed by atoms with Crippen molar-refractivity contribution in [2.24, 2.45) is 0 Å². The minimum absolute atomic E-state index is 0.00987. The Hall–Kier alpha value is -4.38. The molecule has 13 heteroatoms. The Morgan fingerprint density at radius 3 is 2.52 bits per heavy atom. The van der Waals surface area contributed by atoms with Crippen molar-refractivity contribution in [2.75, 3.05) is 62.7 Å². The lowest BCUT2D eigenvalue weighted by atomic mass is 10.00. The molecular weight excluding hydrogens is 596 g/mol. The number of nitrogens with zero attached hydrogens (tertiary/aromatic N) is 6. The zero-order valence-corrected chi connectivity index (χ0v) is 25.8. The number of halogens is 2. The highest BCUT2D eigenvalue weighted by Crippen LogP contribution is 2.35. The Bertz CT molecular complexity index is 1600. The van der Waals surface area contributed by atoms with E-state index in [9.17, 15) is 23.9 Å². The van der Waals surface area contributed by atoms with Crippen molar-refractivity contribution in [2.45, 2.75) is 44.4 Å². The van der Waals surface area contributed by atoms with E-state index in [1.165, 1.54) is 6.92 Å². The van der Waals surface area contributed by atoms with Gasteiger partial charge in [0.05, 0.1) is 37.1 Å². The van der Waals surface area contributed by atoms with Crippen molar-refractivity contribution in [3.63, 3.8) is 0 Å². The van der Waals surface area contributed by atoms with Gasteiger partial charge in [0, 0.05) is 62.3 Å². The van der Waals surface area contributed by atoms with Crippen LogP contribution in [-0.2, 0) is 9.53 Å². The van der Waals surface area contributed by atoms with Crippen LogP contribution in [0.5, 0.6) is 5.75 Å². The molecule has 4 heterocycles. The third-order valence-electron chi connectivity index (χ3n) is 8.79. The van der Waals surface area contributed by atoms with Crippen molar-refractivity contribution >= 4 is 23.2 Å². The second kappa shape index (κ2) is 13.2. The average molecular weight is 634 g/mol. The monoisotopic (exact) mass is 633 g/mol. The summed E-state index contributed by atoms with van der Waals surface area (Å²) in [4.78, 5) is 26.9. The summed E-state index contributed by atoms with van der Waals surface area (Å²) < 4.78 is 41.0. The summed E-state index contributed by atoms with van der Waals surface area (Å²) in [5, 5.41) is 22.6. The van der Waals surface area contributed by atoms with E-state index in [0.717, 1.165) is 55.7 Å². The summed E-state index contributed by atoms with van der Waals surface area (Å²) in [6.07, 6.45) is -1.43. The van der Waals surface area contributed by atoms with E-state index in [1.54, 1.807) is 31.3 Å². The van der Waals surface area contributed by atoms with Crippen LogP contribution >= 0.6 is 0 Å². The molecule has 11 nitrogen and oxygen atoms in total. The van der Waals surface area contributed by atoms with Gasteiger partial charge in [-0.3, -0.25) is 9.69 Å². The van der Waals surface area contributed by atoms with Crippen LogP contribution in [0.25, 0.3) is 11.3 Å². The van der Waals surface area contributed by atoms with Crippen LogP contribution in [0.15, 0.2) is 48.7 Å². The molecule has 3 aliphatic rings. The Kier molecular flexibility index (Phi) is 9.04. The molecule has 1 aromatic heterocycles. The predicted molar refractivity (Wildman–Crippen MR) is 167 cm³/mol. The molecule has 1 unspecified atom stereocenters. The van der Waals surface area contributed by atoms with Crippen molar-refractivity contribution in [1.82, 2.24) is 19.8 Å². The van der Waals surface area contributed by atoms with Crippen LogP contribution in [-0.4, -0.2) is 107 Å². The van der Waals surface area contributed by atoms with Gasteiger partial charge in [-0.2, -0.15) is 5.26 Å². The number of anilines is 3. The van der Waals surface area contributed by atoms with Gasteiger partial charge < -0.3 is 29.7 Å². The quantitative estimate of drug-likeness (QED) is 0.380. The summed E-state index contributed by atoms with van der Waals surface area (Å²) in [5.41, 5.74) is 3.94. The molecule has 3 fully saturated rings. The van der Waals surface area contributed by atoms with E-state index >= 15 is 0 Å².